The highest BCUT2D eigenvalue weighted by Crippen LogP contribution is 2.36. The monoisotopic (exact) mass is 261 g/mol. The summed E-state index contributed by atoms with van der Waals surface area (Å²) in [4.78, 5) is 11.6. The Balaban J connectivity index is 1.85. The van der Waals surface area contributed by atoms with Gasteiger partial charge in [0.1, 0.15) is 0 Å². The average Bonchev–Trinajstić information content (AvgIpc) is 2.96. The van der Waals surface area contributed by atoms with E-state index in [0.29, 0.717) is 19.1 Å². The summed E-state index contributed by atoms with van der Waals surface area (Å²) in [5, 5.41) is 3.17. The maximum absolute atomic E-state index is 11.6. The molecule has 0 spiro atoms. The van der Waals surface area contributed by atoms with Gasteiger partial charge in [-0.25, -0.2) is 0 Å². The maximum atomic E-state index is 11.6. The van der Waals surface area contributed by atoms with Crippen LogP contribution in [0.5, 0.6) is 11.5 Å². The molecule has 0 saturated carbocycles. The minimum absolute atomic E-state index is 0.120. The molecule has 102 valence electrons. The molecule has 1 atom stereocenters. The molecule has 1 aromatic carbocycles. The van der Waals surface area contributed by atoms with Crippen LogP contribution in [-0.4, -0.2) is 18.2 Å². The predicted octanol–water partition coefficient (Wildman–Crippen LogP) is 2.26. The first-order valence-corrected chi connectivity index (χ1v) is 6.79. The van der Waals surface area contributed by atoms with E-state index in [9.17, 15) is 4.79 Å². The van der Waals surface area contributed by atoms with Gasteiger partial charge < -0.3 is 14.8 Å². The van der Waals surface area contributed by atoms with Gasteiger partial charge in [0.25, 0.3) is 0 Å². The highest BCUT2D eigenvalue weighted by Gasteiger charge is 2.40. The molecule has 1 N–H and O–H groups in total. The van der Waals surface area contributed by atoms with E-state index in [4.69, 9.17) is 9.47 Å². The van der Waals surface area contributed by atoms with Gasteiger partial charge in [-0.3, -0.25) is 4.79 Å². The first kappa shape index (κ1) is 12.3. The number of nitrogens with one attached hydrogen (secondary N) is 1. The van der Waals surface area contributed by atoms with Crippen molar-refractivity contribution < 1.29 is 14.3 Å². The van der Waals surface area contributed by atoms with E-state index in [1.165, 1.54) is 5.56 Å². The average molecular weight is 261 g/mol. The van der Waals surface area contributed by atoms with Crippen LogP contribution in [0.15, 0.2) is 18.2 Å². The second kappa shape index (κ2) is 4.44. The number of benzene rings is 1. The lowest BCUT2D eigenvalue weighted by atomic mass is 9.80. The fourth-order valence-corrected chi connectivity index (χ4v) is 2.92. The van der Waals surface area contributed by atoms with Crippen LogP contribution in [0, 0.1) is 5.92 Å². The van der Waals surface area contributed by atoms with Gasteiger partial charge >= 0.3 is 0 Å². The van der Waals surface area contributed by atoms with Crippen LogP contribution in [-0.2, 0) is 11.2 Å². The van der Waals surface area contributed by atoms with Crippen molar-refractivity contribution in [1.29, 1.82) is 0 Å². The Kier molecular flexibility index (Phi) is 2.88. The van der Waals surface area contributed by atoms with Gasteiger partial charge in [-0.1, -0.05) is 19.9 Å². The molecule has 1 saturated heterocycles. The van der Waals surface area contributed by atoms with Crippen molar-refractivity contribution in [3.8, 4) is 11.5 Å². The van der Waals surface area contributed by atoms with Crippen molar-refractivity contribution in [3.63, 3.8) is 0 Å². The Morgan fingerprint density at radius 1 is 1.32 bits per heavy atom. The number of ether oxygens (including phenoxy) is 2. The van der Waals surface area contributed by atoms with Crippen molar-refractivity contribution in [2.24, 2.45) is 5.92 Å². The van der Waals surface area contributed by atoms with Crippen LogP contribution >= 0.6 is 0 Å². The van der Waals surface area contributed by atoms with Crippen molar-refractivity contribution in [2.75, 3.05) is 6.79 Å². The number of carbonyl (C=O) groups excluding carboxylic acids is 1. The molecule has 1 aromatic rings. The molecular formula is C15H19NO3. The van der Waals surface area contributed by atoms with Crippen LogP contribution in [0.2, 0.25) is 0 Å². The van der Waals surface area contributed by atoms with Crippen LogP contribution < -0.4 is 14.8 Å². The summed E-state index contributed by atoms with van der Waals surface area (Å²) >= 11 is 0. The molecule has 0 bridgehead atoms. The summed E-state index contributed by atoms with van der Waals surface area (Å²) < 4.78 is 10.7. The van der Waals surface area contributed by atoms with Crippen molar-refractivity contribution in [1.82, 2.24) is 5.32 Å². The zero-order valence-corrected chi connectivity index (χ0v) is 11.4. The van der Waals surface area contributed by atoms with Gasteiger partial charge in [-0.15, -0.1) is 0 Å². The van der Waals surface area contributed by atoms with Crippen molar-refractivity contribution >= 4 is 5.91 Å². The lowest BCUT2D eigenvalue weighted by molar-refractivity contribution is -0.120. The molecule has 2 aliphatic rings. The number of fused-ring (bicyclic) bond motifs is 1. The summed E-state index contributed by atoms with van der Waals surface area (Å²) in [6.45, 7) is 4.63. The van der Waals surface area contributed by atoms with Crippen LogP contribution in [0.3, 0.4) is 0 Å². The van der Waals surface area contributed by atoms with Gasteiger partial charge in [-0.05, 0) is 36.5 Å². The fourth-order valence-electron chi connectivity index (χ4n) is 2.92. The van der Waals surface area contributed by atoms with Gasteiger partial charge in [0, 0.05) is 12.0 Å². The largest absolute Gasteiger partial charge is 0.454 e. The SMILES string of the molecule is CC(C)C1(Cc2ccc3c(c2)OCO3)CCC(=O)N1. The Bertz CT molecular complexity index is 512. The summed E-state index contributed by atoms with van der Waals surface area (Å²) in [6.07, 6.45) is 2.37. The van der Waals surface area contributed by atoms with E-state index in [0.717, 1.165) is 24.3 Å². The van der Waals surface area contributed by atoms with Crippen LogP contribution in [0.4, 0.5) is 0 Å². The molecule has 0 aliphatic carbocycles. The molecule has 4 nitrogen and oxygen atoms in total. The first-order valence-electron chi connectivity index (χ1n) is 6.79. The third kappa shape index (κ3) is 2.15. The number of rotatable bonds is 3. The molecule has 1 fully saturated rings. The summed E-state index contributed by atoms with van der Waals surface area (Å²) in [5.41, 5.74) is 1.06. The molecule has 2 aliphatic heterocycles. The van der Waals surface area contributed by atoms with Crippen LogP contribution in [0.1, 0.15) is 32.3 Å². The zero-order valence-electron chi connectivity index (χ0n) is 11.4. The Labute approximate surface area is 113 Å². The Morgan fingerprint density at radius 3 is 2.79 bits per heavy atom. The van der Waals surface area contributed by atoms with Gasteiger partial charge in [-0.2, -0.15) is 0 Å². The van der Waals surface area contributed by atoms with E-state index in [1.54, 1.807) is 0 Å². The van der Waals surface area contributed by atoms with E-state index < -0.39 is 0 Å². The van der Waals surface area contributed by atoms with E-state index in [-0.39, 0.29) is 11.4 Å². The van der Waals surface area contributed by atoms with Gasteiger partial charge in [0.15, 0.2) is 11.5 Å². The van der Waals surface area contributed by atoms with Crippen LogP contribution in [0.25, 0.3) is 0 Å². The topological polar surface area (TPSA) is 47.6 Å². The molecule has 3 rings (SSSR count). The minimum atomic E-state index is -0.120. The molecule has 1 unspecified atom stereocenters. The lowest BCUT2D eigenvalue weighted by Crippen LogP contribution is -2.48. The molecule has 0 radical (unpaired) electrons. The second-order valence-electron chi connectivity index (χ2n) is 5.72. The molecular weight excluding hydrogens is 242 g/mol. The molecule has 19 heavy (non-hydrogen) atoms. The zero-order chi connectivity index (χ0) is 13.5. The predicted molar refractivity (Wildman–Crippen MR) is 71.2 cm³/mol. The van der Waals surface area contributed by atoms with Crippen molar-refractivity contribution in [2.45, 2.75) is 38.6 Å². The van der Waals surface area contributed by atoms with Gasteiger partial charge in [0.2, 0.25) is 12.7 Å². The lowest BCUT2D eigenvalue weighted by Gasteiger charge is -2.33. The first-order chi connectivity index (χ1) is 9.09. The normalized spacial score (nSPS) is 24.9. The summed E-state index contributed by atoms with van der Waals surface area (Å²) in [6, 6.07) is 6.03. The Morgan fingerprint density at radius 2 is 2.11 bits per heavy atom. The highest BCUT2D eigenvalue weighted by molar-refractivity contribution is 5.79. The van der Waals surface area contributed by atoms with E-state index in [1.807, 2.05) is 12.1 Å². The molecule has 0 aromatic heterocycles. The summed E-state index contributed by atoms with van der Waals surface area (Å²) in [5.74, 6) is 2.18. The second-order valence-corrected chi connectivity index (χ2v) is 5.72. The third-order valence-electron chi connectivity index (χ3n) is 4.25. The Hall–Kier alpha value is -1.71. The molecule has 1 amide bonds. The van der Waals surface area contributed by atoms with E-state index in [2.05, 4.69) is 25.2 Å². The minimum Gasteiger partial charge on any atom is -0.454 e. The third-order valence-corrected chi connectivity index (χ3v) is 4.25. The highest BCUT2D eigenvalue weighted by atomic mass is 16.7. The maximum Gasteiger partial charge on any atom is 0.231 e. The van der Waals surface area contributed by atoms with Crippen molar-refractivity contribution in [3.05, 3.63) is 23.8 Å². The number of carbonyl (C=O) groups is 1. The molecule has 2 heterocycles. The smallest absolute Gasteiger partial charge is 0.231 e. The number of hydrogen-bond donors (Lipinski definition) is 1. The number of hydrogen-bond acceptors (Lipinski definition) is 3. The molecule has 4 heteroatoms. The van der Waals surface area contributed by atoms with E-state index >= 15 is 0 Å². The number of amides is 1. The standard InChI is InChI=1S/C15H19NO3/c1-10(2)15(6-5-14(17)16-15)8-11-3-4-12-13(7-11)19-9-18-12/h3-4,7,10H,5-6,8-9H2,1-2H3,(H,16,17). The fraction of sp³-hybridized carbons (Fsp3) is 0.533. The van der Waals surface area contributed by atoms with Gasteiger partial charge in [0.05, 0.1) is 0 Å². The summed E-state index contributed by atoms with van der Waals surface area (Å²) in [7, 11) is 0. The quantitative estimate of drug-likeness (QED) is 0.908.